The molecular weight excluding hydrogens is 292 g/mol. The van der Waals surface area contributed by atoms with Gasteiger partial charge in [-0.05, 0) is 51.3 Å². The van der Waals surface area contributed by atoms with E-state index in [0.717, 1.165) is 30.9 Å². The second kappa shape index (κ2) is 4.54. The smallest absolute Gasteiger partial charge is 0.253 e. The predicted octanol–water partition coefficient (Wildman–Crippen LogP) is 2.31. The monoisotopic (exact) mass is 312 g/mol. The molecule has 6 heteroatoms. The van der Waals surface area contributed by atoms with Crippen molar-refractivity contribution < 1.29 is 9.15 Å². The Bertz CT molecular complexity index is 716. The first kappa shape index (κ1) is 13.5. The van der Waals surface area contributed by atoms with E-state index in [1.807, 2.05) is 19.2 Å². The molecule has 0 saturated heterocycles. The van der Waals surface area contributed by atoms with E-state index in [2.05, 4.69) is 20.5 Å². The van der Waals surface area contributed by atoms with Gasteiger partial charge in [-0.15, -0.1) is 10.2 Å². The Morgan fingerprint density at radius 1 is 1.26 bits per heavy atom. The minimum absolute atomic E-state index is 0.127. The van der Waals surface area contributed by atoms with Crippen LogP contribution in [0.1, 0.15) is 55.5 Å². The van der Waals surface area contributed by atoms with Crippen molar-refractivity contribution in [1.82, 2.24) is 20.5 Å². The van der Waals surface area contributed by atoms with Crippen molar-refractivity contribution in [1.29, 1.82) is 0 Å². The first-order valence-corrected chi connectivity index (χ1v) is 8.31. The van der Waals surface area contributed by atoms with Gasteiger partial charge in [-0.3, -0.25) is 4.98 Å². The van der Waals surface area contributed by atoms with E-state index in [1.165, 1.54) is 18.5 Å². The van der Waals surface area contributed by atoms with Crippen molar-refractivity contribution in [3.8, 4) is 5.75 Å². The van der Waals surface area contributed by atoms with Crippen LogP contribution < -0.4 is 10.1 Å². The van der Waals surface area contributed by atoms with Crippen LogP contribution in [0.3, 0.4) is 0 Å². The van der Waals surface area contributed by atoms with Crippen LogP contribution >= 0.6 is 0 Å². The van der Waals surface area contributed by atoms with Gasteiger partial charge in [-0.1, -0.05) is 0 Å². The van der Waals surface area contributed by atoms with E-state index in [-0.39, 0.29) is 5.41 Å². The molecule has 23 heavy (non-hydrogen) atoms. The topological polar surface area (TPSA) is 73.1 Å². The molecule has 4 saturated carbocycles. The molecule has 0 amide bonds. The first-order valence-electron chi connectivity index (χ1n) is 8.31. The summed E-state index contributed by atoms with van der Waals surface area (Å²) in [5.41, 5.74) is 1.63. The second-order valence-electron chi connectivity index (χ2n) is 7.32. The van der Waals surface area contributed by atoms with Crippen molar-refractivity contribution in [2.75, 3.05) is 7.05 Å². The largest absolute Gasteiger partial charge is 0.482 e. The van der Waals surface area contributed by atoms with E-state index < -0.39 is 0 Å². The fraction of sp³-hybridized carbons (Fsp3) is 0.588. The van der Waals surface area contributed by atoms with E-state index in [4.69, 9.17) is 9.15 Å². The molecule has 120 valence electrons. The Kier molecular flexibility index (Phi) is 2.66. The maximum absolute atomic E-state index is 5.82. The number of aromatic nitrogens is 3. The predicted molar refractivity (Wildman–Crippen MR) is 82.2 cm³/mol. The van der Waals surface area contributed by atoms with Crippen molar-refractivity contribution in [2.24, 2.45) is 0 Å². The Labute approximate surface area is 134 Å². The lowest BCUT2D eigenvalue weighted by Crippen LogP contribution is -2.75. The molecule has 1 N–H and O–H groups in total. The van der Waals surface area contributed by atoms with E-state index in [1.54, 1.807) is 6.20 Å². The van der Waals surface area contributed by atoms with Gasteiger partial charge in [0, 0.05) is 17.2 Å². The third-order valence-corrected chi connectivity index (χ3v) is 5.60. The lowest BCUT2D eigenvalue weighted by atomic mass is 9.39. The summed E-state index contributed by atoms with van der Waals surface area (Å²) < 4.78 is 11.5. The molecule has 0 spiro atoms. The lowest BCUT2D eigenvalue weighted by Gasteiger charge is -2.68. The van der Waals surface area contributed by atoms with Gasteiger partial charge in [-0.2, -0.15) is 0 Å². The van der Waals surface area contributed by atoms with Crippen molar-refractivity contribution >= 4 is 0 Å². The van der Waals surface area contributed by atoms with E-state index in [0.29, 0.717) is 24.0 Å². The number of rotatable bonds is 6. The Balaban J connectivity index is 1.20. The fourth-order valence-corrected chi connectivity index (χ4v) is 4.05. The zero-order valence-electron chi connectivity index (χ0n) is 13.2. The molecule has 0 aromatic carbocycles. The number of pyridine rings is 1. The lowest BCUT2D eigenvalue weighted by molar-refractivity contribution is -0.0995. The van der Waals surface area contributed by atoms with Crippen LogP contribution in [-0.4, -0.2) is 27.8 Å². The van der Waals surface area contributed by atoms with Crippen LogP contribution in [0.25, 0.3) is 0 Å². The Morgan fingerprint density at radius 2 is 2.09 bits per heavy atom. The van der Waals surface area contributed by atoms with Crippen LogP contribution in [-0.2, 0) is 12.0 Å². The quantitative estimate of drug-likeness (QED) is 0.882. The zero-order chi connectivity index (χ0) is 15.5. The highest BCUT2D eigenvalue weighted by atomic mass is 16.5. The SMILES string of the molecule is CNC12CC(c3nnc(COc4ccc(C5CC5)nc4)o3)(C1)C2. The standard InChI is InChI=1S/C17H20N4O2/c1-18-17-8-16(9-17,10-17)15-21-20-14(23-15)7-22-12-4-5-13(19-6-12)11-2-3-11/h4-6,11,18H,2-3,7-10H2,1H3. The van der Waals surface area contributed by atoms with E-state index >= 15 is 0 Å². The molecule has 2 aromatic rings. The number of nitrogens with one attached hydrogen (secondary N) is 1. The molecule has 2 heterocycles. The average Bonchev–Trinajstić information content (AvgIpc) is 3.24. The molecule has 4 fully saturated rings. The molecule has 6 rings (SSSR count). The number of nitrogens with zero attached hydrogens (tertiary/aromatic N) is 3. The minimum Gasteiger partial charge on any atom is -0.482 e. The maximum atomic E-state index is 5.82. The molecular formula is C17H20N4O2. The summed E-state index contributed by atoms with van der Waals surface area (Å²) >= 11 is 0. The van der Waals surface area contributed by atoms with Crippen molar-refractivity contribution in [3.63, 3.8) is 0 Å². The molecule has 2 aromatic heterocycles. The normalized spacial score (nSPS) is 31.3. The van der Waals surface area contributed by atoms with Crippen LogP contribution in [0, 0.1) is 0 Å². The third kappa shape index (κ3) is 2.08. The van der Waals surface area contributed by atoms with Crippen LogP contribution in [0.4, 0.5) is 0 Å². The molecule has 4 aliphatic carbocycles. The zero-order valence-corrected chi connectivity index (χ0v) is 13.2. The van der Waals surface area contributed by atoms with Gasteiger partial charge in [0.1, 0.15) is 5.75 Å². The highest BCUT2D eigenvalue weighted by Gasteiger charge is 2.70. The van der Waals surface area contributed by atoms with Gasteiger partial charge < -0.3 is 14.5 Å². The number of hydrogen-bond donors (Lipinski definition) is 1. The number of ether oxygens (including phenoxy) is 1. The van der Waals surface area contributed by atoms with Gasteiger partial charge in [0.15, 0.2) is 6.61 Å². The average molecular weight is 312 g/mol. The van der Waals surface area contributed by atoms with Gasteiger partial charge in [0.2, 0.25) is 5.89 Å². The van der Waals surface area contributed by atoms with Crippen LogP contribution in [0.5, 0.6) is 5.75 Å². The summed E-state index contributed by atoms with van der Waals surface area (Å²) in [6, 6.07) is 4.01. The Hall–Kier alpha value is -1.95. The molecule has 2 bridgehead atoms. The highest BCUT2D eigenvalue weighted by molar-refractivity contribution is 5.33. The molecule has 0 radical (unpaired) electrons. The molecule has 0 atom stereocenters. The summed E-state index contributed by atoms with van der Waals surface area (Å²) in [6.45, 7) is 0.296. The van der Waals surface area contributed by atoms with Gasteiger partial charge >= 0.3 is 0 Å². The molecule has 0 unspecified atom stereocenters. The summed E-state index contributed by atoms with van der Waals surface area (Å²) in [7, 11) is 2.03. The van der Waals surface area contributed by atoms with Gasteiger partial charge in [0.25, 0.3) is 5.89 Å². The third-order valence-electron chi connectivity index (χ3n) is 5.60. The highest BCUT2D eigenvalue weighted by Crippen LogP contribution is 2.67. The molecule has 0 aliphatic heterocycles. The van der Waals surface area contributed by atoms with E-state index in [9.17, 15) is 0 Å². The van der Waals surface area contributed by atoms with Gasteiger partial charge in [-0.25, -0.2) is 0 Å². The second-order valence-corrected chi connectivity index (χ2v) is 7.32. The summed E-state index contributed by atoms with van der Waals surface area (Å²) in [5.74, 6) is 2.72. The number of hydrogen-bond acceptors (Lipinski definition) is 6. The van der Waals surface area contributed by atoms with Gasteiger partial charge in [0.05, 0.1) is 11.6 Å². The molecule has 4 aliphatic rings. The fourth-order valence-electron chi connectivity index (χ4n) is 4.05. The first-order chi connectivity index (χ1) is 11.2. The van der Waals surface area contributed by atoms with Crippen molar-refractivity contribution in [2.45, 2.75) is 55.6 Å². The summed E-state index contributed by atoms with van der Waals surface area (Å²) in [6.07, 6.45) is 7.61. The Morgan fingerprint density at radius 3 is 2.74 bits per heavy atom. The summed E-state index contributed by atoms with van der Waals surface area (Å²) in [4.78, 5) is 4.44. The van der Waals surface area contributed by atoms with Crippen LogP contribution in [0.2, 0.25) is 0 Å². The maximum Gasteiger partial charge on any atom is 0.253 e. The minimum atomic E-state index is 0.127. The molecule has 6 nitrogen and oxygen atoms in total. The summed E-state index contributed by atoms with van der Waals surface area (Å²) in [5, 5.41) is 11.7. The van der Waals surface area contributed by atoms with Crippen LogP contribution in [0.15, 0.2) is 22.7 Å². The van der Waals surface area contributed by atoms with Crippen molar-refractivity contribution in [3.05, 3.63) is 35.8 Å².